The number of hydrogen-bond donors (Lipinski definition) is 1. The molecule has 1 N–H and O–H groups in total. The average molecular weight is 285 g/mol. The van der Waals surface area contributed by atoms with Gasteiger partial charge in [-0.25, -0.2) is 4.39 Å². The molecule has 1 aliphatic heterocycles. The van der Waals surface area contributed by atoms with Crippen molar-refractivity contribution in [1.29, 1.82) is 0 Å². The van der Waals surface area contributed by atoms with Gasteiger partial charge in [-0.05, 0) is 31.5 Å². The lowest BCUT2D eigenvalue weighted by atomic mass is 10.0. The summed E-state index contributed by atoms with van der Waals surface area (Å²) < 4.78 is 13.9. The maximum absolute atomic E-state index is 13.9. The molecule has 6 heteroatoms. The van der Waals surface area contributed by atoms with Gasteiger partial charge in [0, 0.05) is 5.02 Å². The number of anilines is 1. The lowest BCUT2D eigenvalue weighted by molar-refractivity contribution is -0.133. The highest BCUT2D eigenvalue weighted by atomic mass is 35.5. The van der Waals surface area contributed by atoms with Crippen molar-refractivity contribution < 1.29 is 14.0 Å². The van der Waals surface area contributed by atoms with Crippen LogP contribution < -0.4 is 10.2 Å². The molecule has 1 aliphatic rings. The zero-order valence-corrected chi connectivity index (χ0v) is 11.4. The van der Waals surface area contributed by atoms with Crippen molar-refractivity contribution in [2.24, 2.45) is 0 Å². The minimum absolute atomic E-state index is 0.0473. The second-order valence-electron chi connectivity index (χ2n) is 4.46. The van der Waals surface area contributed by atoms with E-state index >= 15 is 0 Å². The Labute approximate surface area is 115 Å². The maximum atomic E-state index is 13.9. The molecule has 1 fully saturated rings. The van der Waals surface area contributed by atoms with Gasteiger partial charge in [0.25, 0.3) is 0 Å². The van der Waals surface area contributed by atoms with Gasteiger partial charge in [-0.1, -0.05) is 18.5 Å². The number of rotatable bonds is 2. The first kappa shape index (κ1) is 13.8. The van der Waals surface area contributed by atoms with E-state index in [1.54, 1.807) is 13.8 Å². The lowest BCUT2D eigenvalue weighted by Gasteiger charge is -2.37. The fourth-order valence-corrected chi connectivity index (χ4v) is 2.34. The molecule has 4 nitrogen and oxygen atoms in total. The summed E-state index contributed by atoms with van der Waals surface area (Å²) in [6.07, 6.45) is 0.399. The van der Waals surface area contributed by atoms with Gasteiger partial charge in [0.2, 0.25) is 11.8 Å². The summed E-state index contributed by atoms with van der Waals surface area (Å²) in [6, 6.07) is 2.57. The zero-order valence-electron chi connectivity index (χ0n) is 10.6. The van der Waals surface area contributed by atoms with E-state index < -0.39 is 17.9 Å². The number of nitrogens with one attached hydrogen (secondary N) is 1. The van der Waals surface area contributed by atoms with Crippen molar-refractivity contribution in [3.05, 3.63) is 29.0 Å². The maximum Gasteiger partial charge on any atom is 0.250 e. The molecular formula is C13H14ClFN2O2. The Morgan fingerprint density at radius 3 is 2.74 bits per heavy atom. The smallest absolute Gasteiger partial charge is 0.250 e. The van der Waals surface area contributed by atoms with E-state index in [0.29, 0.717) is 11.4 Å². The molecule has 19 heavy (non-hydrogen) atoms. The van der Waals surface area contributed by atoms with Crippen LogP contribution in [0.2, 0.25) is 5.02 Å². The third kappa shape index (κ3) is 2.42. The summed E-state index contributed by atoms with van der Waals surface area (Å²) in [6.45, 7) is 3.34. The van der Waals surface area contributed by atoms with Crippen molar-refractivity contribution in [3.63, 3.8) is 0 Å². The Morgan fingerprint density at radius 1 is 1.42 bits per heavy atom. The highest BCUT2D eigenvalue weighted by Crippen LogP contribution is 2.28. The molecule has 0 spiro atoms. The van der Waals surface area contributed by atoms with Crippen LogP contribution in [-0.4, -0.2) is 23.9 Å². The molecule has 0 aromatic heterocycles. The van der Waals surface area contributed by atoms with E-state index in [0.717, 1.165) is 0 Å². The molecule has 102 valence electrons. The number of hydrogen-bond acceptors (Lipinski definition) is 2. The summed E-state index contributed by atoms with van der Waals surface area (Å²) in [5.41, 5.74) is 0.0473. The molecule has 0 radical (unpaired) electrons. The number of amides is 2. The number of carbonyl (C=O) groups is 2. The molecule has 1 saturated heterocycles. The fourth-order valence-electron chi connectivity index (χ4n) is 2.18. The molecule has 2 rings (SSSR count). The number of piperazine rings is 1. The first-order valence-corrected chi connectivity index (χ1v) is 6.42. The van der Waals surface area contributed by atoms with Gasteiger partial charge in [-0.3, -0.25) is 14.5 Å². The van der Waals surface area contributed by atoms with Crippen LogP contribution in [0.4, 0.5) is 10.1 Å². The van der Waals surface area contributed by atoms with E-state index in [2.05, 4.69) is 5.32 Å². The van der Waals surface area contributed by atoms with Crippen LogP contribution in [0.15, 0.2) is 18.2 Å². The Kier molecular flexibility index (Phi) is 3.75. The van der Waals surface area contributed by atoms with E-state index in [9.17, 15) is 14.0 Å². The van der Waals surface area contributed by atoms with Crippen molar-refractivity contribution in [1.82, 2.24) is 5.32 Å². The first-order chi connectivity index (χ1) is 8.95. The summed E-state index contributed by atoms with van der Waals surface area (Å²) in [4.78, 5) is 25.3. The van der Waals surface area contributed by atoms with Crippen LogP contribution in [0, 0.1) is 5.82 Å². The standard InChI is InChI=1S/C13H14ClFN2O2/c1-3-10-12(18)16-7(2)13(19)17(10)11-6-8(14)4-5-9(11)15/h4-7,10H,3H2,1-2H3,(H,16,18). The SMILES string of the molecule is CCC1C(=O)NC(C)C(=O)N1c1cc(Cl)ccc1F. The van der Waals surface area contributed by atoms with Gasteiger partial charge in [0.1, 0.15) is 17.9 Å². The third-order valence-corrected chi connectivity index (χ3v) is 3.37. The molecule has 1 aromatic rings. The van der Waals surface area contributed by atoms with Crippen LogP contribution >= 0.6 is 11.6 Å². The van der Waals surface area contributed by atoms with Gasteiger partial charge in [0.15, 0.2) is 0 Å². The van der Waals surface area contributed by atoms with Crippen molar-refractivity contribution >= 4 is 29.1 Å². The quantitative estimate of drug-likeness (QED) is 0.904. The third-order valence-electron chi connectivity index (χ3n) is 3.14. The van der Waals surface area contributed by atoms with Gasteiger partial charge >= 0.3 is 0 Å². The zero-order chi connectivity index (χ0) is 14.2. The number of carbonyl (C=O) groups excluding carboxylic acids is 2. The number of nitrogens with zero attached hydrogens (tertiary/aromatic N) is 1. The molecule has 1 aromatic carbocycles. The Balaban J connectivity index is 2.51. The summed E-state index contributed by atoms with van der Waals surface area (Å²) in [5.74, 6) is -1.19. The van der Waals surface area contributed by atoms with Crippen molar-refractivity contribution in [3.8, 4) is 0 Å². The van der Waals surface area contributed by atoms with Crippen LogP contribution in [-0.2, 0) is 9.59 Å². The lowest BCUT2D eigenvalue weighted by Crippen LogP contribution is -2.62. The van der Waals surface area contributed by atoms with E-state index in [-0.39, 0.29) is 17.5 Å². The average Bonchev–Trinajstić information content (AvgIpc) is 2.36. The van der Waals surface area contributed by atoms with Gasteiger partial charge in [-0.15, -0.1) is 0 Å². The molecule has 0 aliphatic carbocycles. The fraction of sp³-hybridized carbons (Fsp3) is 0.385. The molecule has 0 saturated carbocycles. The van der Waals surface area contributed by atoms with E-state index in [1.165, 1.54) is 23.1 Å². The van der Waals surface area contributed by atoms with Crippen LogP contribution in [0.5, 0.6) is 0 Å². The van der Waals surface area contributed by atoms with Gasteiger partial charge in [0.05, 0.1) is 5.69 Å². The molecule has 2 amide bonds. The predicted octanol–water partition coefficient (Wildman–Crippen LogP) is 2.11. The summed E-state index contributed by atoms with van der Waals surface area (Å²) >= 11 is 5.84. The van der Waals surface area contributed by atoms with Gasteiger partial charge < -0.3 is 5.32 Å². The topological polar surface area (TPSA) is 49.4 Å². The first-order valence-electron chi connectivity index (χ1n) is 6.04. The largest absolute Gasteiger partial charge is 0.343 e. The van der Waals surface area contributed by atoms with Crippen molar-refractivity contribution in [2.45, 2.75) is 32.4 Å². The summed E-state index contributed by atoms with van der Waals surface area (Å²) in [5, 5.41) is 2.90. The highest BCUT2D eigenvalue weighted by molar-refractivity contribution is 6.31. The van der Waals surface area contributed by atoms with Gasteiger partial charge in [-0.2, -0.15) is 0 Å². The van der Waals surface area contributed by atoms with E-state index in [4.69, 9.17) is 11.6 Å². The molecule has 0 bridgehead atoms. The van der Waals surface area contributed by atoms with Crippen LogP contribution in [0.1, 0.15) is 20.3 Å². The molecule has 2 atom stereocenters. The second-order valence-corrected chi connectivity index (χ2v) is 4.89. The molecule has 1 heterocycles. The van der Waals surface area contributed by atoms with Crippen molar-refractivity contribution in [2.75, 3.05) is 4.90 Å². The van der Waals surface area contributed by atoms with Crippen LogP contribution in [0.25, 0.3) is 0 Å². The Bertz CT molecular complexity index is 535. The number of benzene rings is 1. The molecule has 2 unspecified atom stereocenters. The highest BCUT2D eigenvalue weighted by Gasteiger charge is 2.39. The number of halogens is 2. The Hall–Kier alpha value is -1.62. The van der Waals surface area contributed by atoms with Crippen LogP contribution in [0.3, 0.4) is 0 Å². The molecular weight excluding hydrogens is 271 g/mol. The Morgan fingerprint density at radius 2 is 2.11 bits per heavy atom. The monoisotopic (exact) mass is 284 g/mol. The van der Waals surface area contributed by atoms with E-state index in [1.807, 2.05) is 0 Å². The minimum Gasteiger partial charge on any atom is -0.343 e. The predicted molar refractivity (Wildman–Crippen MR) is 70.6 cm³/mol. The second kappa shape index (κ2) is 5.17. The summed E-state index contributed by atoms with van der Waals surface area (Å²) in [7, 11) is 0. The normalized spacial score (nSPS) is 23.5. The minimum atomic E-state index is -0.711.